The van der Waals surface area contributed by atoms with E-state index in [1.165, 1.54) is 30.2 Å². The Morgan fingerprint density at radius 2 is 1.90 bits per heavy atom. The van der Waals surface area contributed by atoms with Crippen LogP contribution in [0.2, 0.25) is 0 Å². The normalized spacial score (nSPS) is 14.0. The first-order valence-corrected chi connectivity index (χ1v) is 10.5. The molecule has 3 aromatic heterocycles. The van der Waals surface area contributed by atoms with E-state index in [-0.39, 0.29) is 0 Å². The average Bonchev–Trinajstić information content (AvgIpc) is 3.54. The van der Waals surface area contributed by atoms with Crippen molar-refractivity contribution in [2.24, 2.45) is 0 Å². The molecular formula is C20H20N6O2S. The Morgan fingerprint density at radius 1 is 1.07 bits per heavy atom. The fourth-order valence-corrected chi connectivity index (χ4v) is 4.13. The first-order chi connectivity index (χ1) is 14.3. The zero-order valence-corrected chi connectivity index (χ0v) is 16.8. The highest BCUT2D eigenvalue weighted by atomic mass is 32.2. The smallest absolute Gasteiger partial charge is 0.238 e. The predicted octanol–water partition coefficient (Wildman–Crippen LogP) is 4.11. The Kier molecular flexibility index (Phi) is 4.81. The molecular weight excluding hydrogens is 388 g/mol. The van der Waals surface area contributed by atoms with E-state index in [2.05, 4.69) is 61.0 Å². The van der Waals surface area contributed by atoms with Gasteiger partial charge in [-0.05, 0) is 44.0 Å². The number of hydrogen-bond acceptors (Lipinski definition) is 8. The van der Waals surface area contributed by atoms with Crippen LogP contribution in [0.25, 0.3) is 17.3 Å². The summed E-state index contributed by atoms with van der Waals surface area (Å²) in [5.41, 5.74) is 2.27. The van der Waals surface area contributed by atoms with E-state index in [1.54, 1.807) is 18.4 Å². The van der Waals surface area contributed by atoms with E-state index in [1.807, 2.05) is 0 Å². The molecule has 0 bridgehead atoms. The lowest BCUT2D eigenvalue weighted by Gasteiger charge is -2.18. The molecule has 9 heteroatoms. The van der Waals surface area contributed by atoms with Crippen LogP contribution in [-0.2, 0) is 5.75 Å². The van der Waals surface area contributed by atoms with Gasteiger partial charge in [0.25, 0.3) is 0 Å². The van der Waals surface area contributed by atoms with Crippen molar-refractivity contribution >= 4 is 17.7 Å². The molecule has 0 unspecified atom stereocenters. The highest BCUT2D eigenvalue weighted by Gasteiger charge is 2.23. The number of thioether (sulfide) groups is 1. The van der Waals surface area contributed by atoms with Gasteiger partial charge in [-0.1, -0.05) is 34.6 Å². The van der Waals surface area contributed by atoms with Gasteiger partial charge >= 0.3 is 0 Å². The standard InChI is InChI=1S/C20H20N6O2S/c1-14-6-8-15(9-7-14)26-19(25-10-2-3-11-25)22-23-20(26)29-13-17-21-18(24-28-17)16-5-4-12-27-16/h4-9,12H,2-3,10-11,13H2,1H3. The molecule has 4 aromatic rings. The fraction of sp³-hybridized carbons (Fsp3) is 0.300. The molecule has 0 atom stereocenters. The number of aromatic nitrogens is 5. The van der Waals surface area contributed by atoms with Gasteiger partial charge in [-0.2, -0.15) is 4.98 Å². The van der Waals surface area contributed by atoms with Crippen LogP contribution in [-0.4, -0.2) is 38.0 Å². The Balaban J connectivity index is 1.41. The molecule has 1 aromatic carbocycles. The third kappa shape index (κ3) is 3.65. The molecule has 1 fully saturated rings. The van der Waals surface area contributed by atoms with E-state index in [9.17, 15) is 0 Å². The van der Waals surface area contributed by atoms with Crippen LogP contribution in [0.5, 0.6) is 0 Å². The van der Waals surface area contributed by atoms with Crippen molar-refractivity contribution in [2.75, 3.05) is 18.0 Å². The third-order valence-electron chi connectivity index (χ3n) is 4.83. The molecule has 29 heavy (non-hydrogen) atoms. The number of rotatable bonds is 6. The molecule has 0 saturated carbocycles. The van der Waals surface area contributed by atoms with E-state index < -0.39 is 0 Å². The number of aryl methyl sites for hydroxylation is 1. The van der Waals surface area contributed by atoms with Gasteiger partial charge in [-0.3, -0.25) is 4.57 Å². The van der Waals surface area contributed by atoms with Crippen LogP contribution in [0.3, 0.4) is 0 Å². The van der Waals surface area contributed by atoms with Crippen LogP contribution in [0, 0.1) is 6.92 Å². The average molecular weight is 408 g/mol. The molecule has 0 radical (unpaired) electrons. The molecule has 1 saturated heterocycles. The highest BCUT2D eigenvalue weighted by molar-refractivity contribution is 7.98. The van der Waals surface area contributed by atoms with Gasteiger partial charge in [0.05, 0.1) is 17.7 Å². The Labute approximate surface area is 171 Å². The third-order valence-corrected chi connectivity index (χ3v) is 5.75. The molecule has 0 aliphatic carbocycles. The summed E-state index contributed by atoms with van der Waals surface area (Å²) in [6.07, 6.45) is 3.95. The van der Waals surface area contributed by atoms with Crippen molar-refractivity contribution in [1.29, 1.82) is 0 Å². The van der Waals surface area contributed by atoms with E-state index in [0.29, 0.717) is 23.2 Å². The molecule has 4 heterocycles. The van der Waals surface area contributed by atoms with Gasteiger partial charge < -0.3 is 13.8 Å². The molecule has 1 aliphatic rings. The molecule has 5 rings (SSSR count). The summed E-state index contributed by atoms with van der Waals surface area (Å²) in [6.45, 7) is 4.09. The second kappa shape index (κ2) is 7.75. The quantitative estimate of drug-likeness (QED) is 0.441. The Hall–Kier alpha value is -3.07. The molecule has 0 amide bonds. The van der Waals surface area contributed by atoms with Crippen LogP contribution in [0.4, 0.5) is 5.95 Å². The summed E-state index contributed by atoms with van der Waals surface area (Å²) < 4.78 is 12.8. The summed E-state index contributed by atoms with van der Waals surface area (Å²) in [7, 11) is 0. The molecule has 8 nitrogen and oxygen atoms in total. The van der Waals surface area contributed by atoms with Crippen LogP contribution >= 0.6 is 11.8 Å². The van der Waals surface area contributed by atoms with Gasteiger partial charge in [0.2, 0.25) is 17.7 Å². The van der Waals surface area contributed by atoms with Crippen molar-refractivity contribution in [2.45, 2.75) is 30.7 Å². The van der Waals surface area contributed by atoms with E-state index in [0.717, 1.165) is 29.9 Å². The number of hydrogen-bond donors (Lipinski definition) is 0. The Bertz CT molecular complexity index is 1080. The number of nitrogens with zero attached hydrogens (tertiary/aromatic N) is 6. The lowest BCUT2D eigenvalue weighted by Crippen LogP contribution is -2.22. The Morgan fingerprint density at radius 3 is 2.66 bits per heavy atom. The summed E-state index contributed by atoms with van der Waals surface area (Å²) >= 11 is 1.53. The molecule has 0 spiro atoms. The largest absolute Gasteiger partial charge is 0.461 e. The monoisotopic (exact) mass is 408 g/mol. The van der Waals surface area contributed by atoms with Gasteiger partial charge in [0, 0.05) is 13.1 Å². The summed E-state index contributed by atoms with van der Waals surface area (Å²) in [6, 6.07) is 12.0. The minimum atomic E-state index is 0.448. The van der Waals surface area contributed by atoms with Gasteiger partial charge in [0.15, 0.2) is 10.9 Å². The van der Waals surface area contributed by atoms with E-state index in [4.69, 9.17) is 8.94 Å². The minimum Gasteiger partial charge on any atom is -0.461 e. The maximum absolute atomic E-state index is 5.37. The zero-order valence-electron chi connectivity index (χ0n) is 16.0. The topological polar surface area (TPSA) is 86.0 Å². The van der Waals surface area contributed by atoms with Crippen molar-refractivity contribution in [1.82, 2.24) is 24.9 Å². The van der Waals surface area contributed by atoms with Crippen LogP contribution in [0.1, 0.15) is 24.3 Å². The first-order valence-electron chi connectivity index (χ1n) is 9.54. The first kappa shape index (κ1) is 18.0. The zero-order chi connectivity index (χ0) is 19.6. The predicted molar refractivity (Wildman–Crippen MR) is 109 cm³/mol. The second-order valence-corrected chi connectivity index (χ2v) is 7.87. The fourth-order valence-electron chi connectivity index (χ4n) is 3.34. The second-order valence-electron chi connectivity index (χ2n) is 6.93. The van der Waals surface area contributed by atoms with Crippen LogP contribution in [0.15, 0.2) is 56.8 Å². The van der Waals surface area contributed by atoms with Gasteiger partial charge in [0.1, 0.15) is 0 Å². The van der Waals surface area contributed by atoms with E-state index >= 15 is 0 Å². The molecule has 0 N–H and O–H groups in total. The lowest BCUT2D eigenvalue weighted by atomic mass is 10.2. The van der Waals surface area contributed by atoms with Crippen LogP contribution < -0.4 is 4.90 Å². The SMILES string of the molecule is Cc1ccc(-n2c(SCc3nc(-c4ccco4)no3)nnc2N2CCCC2)cc1. The highest BCUT2D eigenvalue weighted by Crippen LogP contribution is 2.30. The molecule has 148 valence electrons. The number of furan rings is 1. The summed E-state index contributed by atoms with van der Waals surface area (Å²) in [5.74, 6) is 2.93. The maximum Gasteiger partial charge on any atom is 0.238 e. The summed E-state index contributed by atoms with van der Waals surface area (Å²) in [5, 5.41) is 13.7. The van der Waals surface area contributed by atoms with Crippen molar-refractivity contribution in [3.63, 3.8) is 0 Å². The number of benzene rings is 1. The molecule has 1 aliphatic heterocycles. The summed E-state index contributed by atoms with van der Waals surface area (Å²) in [4.78, 5) is 6.70. The van der Waals surface area contributed by atoms with Gasteiger partial charge in [-0.15, -0.1) is 10.2 Å². The van der Waals surface area contributed by atoms with Gasteiger partial charge in [-0.25, -0.2) is 0 Å². The maximum atomic E-state index is 5.37. The van der Waals surface area contributed by atoms with Crippen molar-refractivity contribution in [3.05, 3.63) is 54.1 Å². The number of anilines is 1. The minimum absolute atomic E-state index is 0.448. The van der Waals surface area contributed by atoms with Crippen molar-refractivity contribution < 1.29 is 8.94 Å². The van der Waals surface area contributed by atoms with Crippen molar-refractivity contribution in [3.8, 4) is 17.3 Å². The lowest BCUT2D eigenvalue weighted by molar-refractivity contribution is 0.390.